The van der Waals surface area contributed by atoms with E-state index in [2.05, 4.69) is 27.8 Å². The summed E-state index contributed by atoms with van der Waals surface area (Å²) in [5.74, 6) is 1.49. The number of piperidine rings is 1. The van der Waals surface area contributed by atoms with Crippen LogP contribution in [0.15, 0.2) is 36.4 Å². The summed E-state index contributed by atoms with van der Waals surface area (Å²) in [5.41, 5.74) is 3.75. The van der Waals surface area contributed by atoms with Crippen molar-refractivity contribution in [3.8, 4) is 11.5 Å². The van der Waals surface area contributed by atoms with Crippen LogP contribution in [0, 0.1) is 11.8 Å². The maximum Gasteiger partial charge on any atom is 0.573 e. The summed E-state index contributed by atoms with van der Waals surface area (Å²) < 4.78 is 55.9. The highest BCUT2D eigenvalue weighted by Gasteiger charge is 2.43. The number of likely N-dealkylation sites (tertiary alicyclic amines) is 1. The lowest BCUT2D eigenvalue weighted by Gasteiger charge is -2.46. The number of methoxy groups -OCH3 is 1. The topological polar surface area (TPSA) is 48.0 Å². The fourth-order valence-corrected chi connectivity index (χ4v) is 7.13. The fourth-order valence-electron chi connectivity index (χ4n) is 7.13. The van der Waals surface area contributed by atoms with Crippen LogP contribution in [0.2, 0.25) is 0 Å². The number of hydrogen-bond donors (Lipinski definition) is 0. The molecule has 1 saturated heterocycles. The van der Waals surface area contributed by atoms with Gasteiger partial charge in [-0.3, -0.25) is 9.69 Å². The second-order valence-corrected chi connectivity index (χ2v) is 12.7. The van der Waals surface area contributed by atoms with Gasteiger partial charge >= 0.3 is 12.3 Å². The van der Waals surface area contributed by atoms with E-state index in [4.69, 9.17) is 9.47 Å². The van der Waals surface area contributed by atoms with Crippen molar-refractivity contribution in [2.45, 2.75) is 95.1 Å². The van der Waals surface area contributed by atoms with Gasteiger partial charge in [0.15, 0.2) is 0 Å². The molecule has 1 spiro atoms. The molecule has 5 nitrogen and oxygen atoms in total. The Morgan fingerprint density at radius 3 is 2.39 bits per heavy atom. The lowest BCUT2D eigenvalue weighted by atomic mass is 9.80. The zero-order valence-corrected chi connectivity index (χ0v) is 24.1. The molecule has 0 N–H and O–H groups in total. The van der Waals surface area contributed by atoms with Crippen molar-refractivity contribution < 1.29 is 32.2 Å². The number of hydrogen-bond acceptors (Lipinski definition) is 5. The molecule has 2 aromatic carbocycles. The van der Waals surface area contributed by atoms with Crippen molar-refractivity contribution in [1.29, 1.82) is 0 Å². The Bertz CT molecular complexity index is 1280. The molecule has 4 aliphatic rings. The Labute approximate surface area is 240 Å². The van der Waals surface area contributed by atoms with Gasteiger partial charge in [-0.05, 0) is 105 Å². The minimum Gasteiger partial charge on any atom is -0.487 e. The first-order valence-corrected chi connectivity index (χ1v) is 15.1. The highest BCUT2D eigenvalue weighted by Crippen LogP contribution is 2.49. The molecule has 2 aliphatic carbocycles. The number of rotatable bonds is 8. The van der Waals surface area contributed by atoms with Crippen LogP contribution < -0.4 is 9.47 Å². The van der Waals surface area contributed by atoms with Crippen molar-refractivity contribution in [2.75, 3.05) is 20.2 Å². The molecule has 3 fully saturated rings. The lowest BCUT2D eigenvalue weighted by molar-refractivity contribution is -0.275. The molecule has 6 rings (SSSR count). The first-order valence-electron chi connectivity index (χ1n) is 15.1. The van der Waals surface area contributed by atoms with E-state index in [0.717, 1.165) is 81.3 Å². The molecule has 0 bridgehead atoms. The Morgan fingerprint density at radius 2 is 1.76 bits per heavy atom. The van der Waals surface area contributed by atoms with Crippen LogP contribution in [0.4, 0.5) is 13.2 Å². The number of aryl methyl sites for hydroxylation is 1. The molecule has 8 heteroatoms. The zero-order chi connectivity index (χ0) is 28.9. The van der Waals surface area contributed by atoms with Gasteiger partial charge in [-0.2, -0.15) is 0 Å². The monoisotopic (exact) mass is 571 g/mol. The highest BCUT2D eigenvalue weighted by molar-refractivity contribution is 5.73. The number of alkyl halides is 3. The number of nitrogens with zero attached hydrogens (tertiary/aromatic N) is 1. The van der Waals surface area contributed by atoms with Gasteiger partial charge in [0.1, 0.15) is 17.1 Å². The summed E-state index contributed by atoms with van der Waals surface area (Å²) in [6, 6.07) is 11.5. The summed E-state index contributed by atoms with van der Waals surface area (Å²) in [6.07, 6.45) is 3.17. The molecule has 2 heterocycles. The molecule has 0 aromatic heterocycles. The summed E-state index contributed by atoms with van der Waals surface area (Å²) >= 11 is 0. The van der Waals surface area contributed by atoms with Gasteiger partial charge in [-0.25, -0.2) is 0 Å². The maximum absolute atomic E-state index is 13.2. The highest BCUT2D eigenvalue weighted by atomic mass is 19.4. The van der Waals surface area contributed by atoms with Crippen molar-refractivity contribution in [3.05, 3.63) is 58.7 Å². The minimum atomic E-state index is -4.73. The van der Waals surface area contributed by atoms with Crippen LogP contribution in [0.5, 0.6) is 11.5 Å². The molecule has 0 amide bonds. The van der Waals surface area contributed by atoms with Crippen molar-refractivity contribution in [3.63, 3.8) is 0 Å². The summed E-state index contributed by atoms with van der Waals surface area (Å²) in [6.45, 7) is 5.41. The van der Waals surface area contributed by atoms with Gasteiger partial charge in [-0.1, -0.05) is 31.2 Å². The number of carbonyl (C=O) groups is 1. The van der Waals surface area contributed by atoms with Crippen LogP contribution in [0.1, 0.15) is 98.9 Å². The molecule has 222 valence electrons. The standard InChI is InChI=1S/C33H40F3NO4/c1-20(31(38)39-3)30(24-7-8-24)26-9-6-23-12-13-32(40-29(23)19-26)14-16-37(17-15-32)21(2)27-18-25(22-4-5-22)10-11-28(27)41-33(34,35)36/h6,9-11,18-22,24,30H,4-5,7-8,12-17H2,1-3H3/t20-,21-,30+/m1/s1. The molecule has 2 saturated carbocycles. The van der Waals surface area contributed by atoms with Gasteiger partial charge in [0.2, 0.25) is 0 Å². The molecule has 3 atom stereocenters. The van der Waals surface area contributed by atoms with Gasteiger partial charge in [0, 0.05) is 24.7 Å². The molecule has 41 heavy (non-hydrogen) atoms. The third-order valence-corrected chi connectivity index (χ3v) is 9.91. The Morgan fingerprint density at radius 1 is 1.02 bits per heavy atom. The predicted octanol–water partition coefficient (Wildman–Crippen LogP) is 7.69. The SMILES string of the molecule is COC(=O)[C@H](C)[C@H](c1ccc2c(c1)OC1(CC2)CCN([C@H](C)c2cc(C3CC3)ccc2OC(F)(F)F)CC1)C1CC1. The lowest BCUT2D eigenvalue weighted by Crippen LogP contribution is -2.50. The fraction of sp³-hybridized carbons (Fsp3) is 0.606. The summed E-state index contributed by atoms with van der Waals surface area (Å²) in [7, 11) is 1.45. The Hall–Kier alpha value is -2.74. The van der Waals surface area contributed by atoms with Gasteiger partial charge in [-0.15, -0.1) is 13.2 Å². The van der Waals surface area contributed by atoms with E-state index < -0.39 is 6.36 Å². The van der Waals surface area contributed by atoms with E-state index >= 15 is 0 Å². The Balaban J connectivity index is 1.17. The van der Waals surface area contributed by atoms with Crippen LogP contribution in [-0.2, 0) is 16.0 Å². The smallest absolute Gasteiger partial charge is 0.487 e. The Kier molecular flexibility index (Phi) is 7.50. The van der Waals surface area contributed by atoms with E-state index in [1.54, 1.807) is 6.07 Å². The first kappa shape index (κ1) is 28.4. The number of benzene rings is 2. The second kappa shape index (κ2) is 10.8. The van der Waals surface area contributed by atoms with E-state index in [9.17, 15) is 18.0 Å². The molecular formula is C33H40F3NO4. The van der Waals surface area contributed by atoms with Crippen molar-refractivity contribution in [2.24, 2.45) is 11.8 Å². The molecular weight excluding hydrogens is 531 g/mol. The molecule has 0 radical (unpaired) electrons. The number of fused-ring (bicyclic) bond motifs is 1. The third kappa shape index (κ3) is 6.08. The second-order valence-electron chi connectivity index (χ2n) is 12.7. The van der Waals surface area contributed by atoms with Crippen LogP contribution in [0.25, 0.3) is 0 Å². The largest absolute Gasteiger partial charge is 0.573 e. The molecule has 0 unspecified atom stereocenters. The summed E-state index contributed by atoms with van der Waals surface area (Å²) in [5, 5.41) is 0. The molecule has 2 aliphatic heterocycles. The average molecular weight is 572 g/mol. The van der Waals surface area contributed by atoms with Crippen molar-refractivity contribution >= 4 is 5.97 Å². The molecule has 2 aromatic rings. The van der Waals surface area contributed by atoms with Crippen molar-refractivity contribution in [1.82, 2.24) is 4.90 Å². The van der Waals surface area contributed by atoms with Gasteiger partial charge < -0.3 is 14.2 Å². The number of carbonyl (C=O) groups excluding carboxylic acids is 1. The third-order valence-electron chi connectivity index (χ3n) is 9.91. The van der Waals surface area contributed by atoms with Gasteiger partial charge in [0.25, 0.3) is 0 Å². The van der Waals surface area contributed by atoms with E-state index in [-0.39, 0.29) is 35.2 Å². The first-order chi connectivity index (χ1) is 19.6. The van der Waals surface area contributed by atoms with E-state index in [0.29, 0.717) is 17.4 Å². The minimum absolute atomic E-state index is 0.101. The van der Waals surface area contributed by atoms with Crippen LogP contribution in [0.3, 0.4) is 0 Å². The normalized spacial score (nSPS) is 22.8. The number of ether oxygens (including phenoxy) is 3. The van der Waals surface area contributed by atoms with E-state index in [1.165, 1.54) is 18.7 Å². The van der Waals surface area contributed by atoms with Gasteiger partial charge in [0.05, 0.1) is 13.0 Å². The summed E-state index contributed by atoms with van der Waals surface area (Å²) in [4.78, 5) is 14.7. The van der Waals surface area contributed by atoms with Crippen LogP contribution >= 0.6 is 0 Å². The number of esters is 1. The average Bonchev–Trinajstić information content (AvgIpc) is 3.87. The zero-order valence-electron chi connectivity index (χ0n) is 24.1. The quantitative estimate of drug-likeness (QED) is 0.304. The maximum atomic E-state index is 13.2. The van der Waals surface area contributed by atoms with Crippen LogP contribution in [-0.4, -0.2) is 43.0 Å². The predicted molar refractivity (Wildman–Crippen MR) is 149 cm³/mol. The number of halogens is 3. The van der Waals surface area contributed by atoms with E-state index in [1.807, 2.05) is 19.9 Å².